The Balaban J connectivity index is 0.00000280. The monoisotopic (exact) mass is 531 g/mol. The number of piperazine rings is 1. The standard InChI is InChI=1S/C31H49N3O2.ClH/c1-2-10-31(11-3-1)12-6-27(7-13-31)29-24-28(33-18-22-36-23-19-33)4-5-30(29)34-16-14-32(15-17-34)25-26-8-20-35-21-9-26;/h4-5,24,26-27H,1-3,6-23,25H2;1H. The van der Waals surface area contributed by atoms with Crippen LogP contribution in [0.15, 0.2) is 18.2 Å². The highest BCUT2D eigenvalue weighted by molar-refractivity contribution is 5.85. The minimum atomic E-state index is 0. The van der Waals surface area contributed by atoms with Crippen molar-refractivity contribution >= 4 is 23.8 Å². The Hall–Kier alpha value is -1.01. The van der Waals surface area contributed by atoms with Crippen LogP contribution >= 0.6 is 12.4 Å². The highest BCUT2D eigenvalue weighted by Gasteiger charge is 2.37. The molecule has 1 aromatic rings. The van der Waals surface area contributed by atoms with Crippen molar-refractivity contribution in [3.63, 3.8) is 0 Å². The largest absolute Gasteiger partial charge is 0.381 e. The molecule has 5 nitrogen and oxygen atoms in total. The molecule has 0 bridgehead atoms. The molecule has 3 aliphatic heterocycles. The second-order valence-corrected chi connectivity index (χ2v) is 12.5. The summed E-state index contributed by atoms with van der Waals surface area (Å²) in [4.78, 5) is 8.00. The number of nitrogens with zero attached hydrogens (tertiary/aromatic N) is 3. The Labute approximate surface area is 231 Å². The van der Waals surface area contributed by atoms with Crippen molar-refractivity contribution in [1.82, 2.24) is 4.90 Å². The number of anilines is 2. The van der Waals surface area contributed by atoms with Gasteiger partial charge in [0.25, 0.3) is 0 Å². The first kappa shape index (κ1) is 27.6. The fourth-order valence-corrected chi connectivity index (χ4v) is 7.98. The van der Waals surface area contributed by atoms with Crippen molar-refractivity contribution < 1.29 is 9.47 Å². The van der Waals surface area contributed by atoms with Crippen LogP contribution in [0, 0.1) is 11.3 Å². The SMILES string of the molecule is Cl.c1cc(N2CCN(CC3CCOCC3)CC2)c(C2CCC3(CCCCC3)CC2)cc1N1CCOCC1. The molecule has 1 aromatic carbocycles. The van der Waals surface area contributed by atoms with E-state index >= 15 is 0 Å². The van der Waals surface area contributed by atoms with Crippen molar-refractivity contribution in [2.24, 2.45) is 11.3 Å². The summed E-state index contributed by atoms with van der Waals surface area (Å²) >= 11 is 0. The first-order chi connectivity index (χ1) is 17.8. The van der Waals surface area contributed by atoms with Gasteiger partial charge in [0, 0.05) is 70.4 Å². The number of ether oxygens (including phenoxy) is 2. The van der Waals surface area contributed by atoms with Crippen molar-refractivity contribution in [3.05, 3.63) is 23.8 Å². The zero-order valence-corrected chi connectivity index (χ0v) is 23.8. The summed E-state index contributed by atoms with van der Waals surface area (Å²) in [6.45, 7) is 11.7. The lowest BCUT2D eigenvalue weighted by Crippen LogP contribution is -2.48. The molecule has 6 heteroatoms. The van der Waals surface area contributed by atoms with E-state index in [4.69, 9.17) is 9.47 Å². The Morgan fingerprint density at radius 1 is 0.703 bits per heavy atom. The van der Waals surface area contributed by atoms with Gasteiger partial charge in [-0.05, 0) is 92.4 Å². The molecule has 37 heavy (non-hydrogen) atoms. The second-order valence-electron chi connectivity index (χ2n) is 12.5. The Bertz CT molecular complexity index is 831. The topological polar surface area (TPSA) is 28.2 Å². The molecule has 0 N–H and O–H groups in total. The molecule has 0 atom stereocenters. The van der Waals surface area contributed by atoms with Crippen LogP contribution in [-0.4, -0.2) is 77.1 Å². The molecule has 5 aliphatic rings. The van der Waals surface area contributed by atoms with Gasteiger partial charge in [0.1, 0.15) is 0 Å². The van der Waals surface area contributed by atoms with Crippen LogP contribution < -0.4 is 9.80 Å². The van der Waals surface area contributed by atoms with Gasteiger partial charge in [0.05, 0.1) is 13.2 Å². The van der Waals surface area contributed by atoms with Crippen LogP contribution in [0.2, 0.25) is 0 Å². The molecule has 6 rings (SSSR count). The molecular weight excluding hydrogens is 482 g/mol. The van der Waals surface area contributed by atoms with Gasteiger partial charge in [0.2, 0.25) is 0 Å². The maximum Gasteiger partial charge on any atom is 0.0642 e. The fraction of sp³-hybridized carbons (Fsp3) is 0.806. The molecule has 3 heterocycles. The van der Waals surface area contributed by atoms with Gasteiger partial charge in [-0.2, -0.15) is 0 Å². The van der Waals surface area contributed by atoms with E-state index in [0.717, 1.165) is 51.4 Å². The molecule has 0 unspecified atom stereocenters. The quantitative estimate of drug-likeness (QED) is 0.457. The maximum atomic E-state index is 5.65. The maximum absolute atomic E-state index is 5.65. The molecule has 3 saturated heterocycles. The van der Waals surface area contributed by atoms with Gasteiger partial charge >= 0.3 is 0 Å². The van der Waals surface area contributed by atoms with Crippen molar-refractivity contribution in [3.8, 4) is 0 Å². The summed E-state index contributed by atoms with van der Waals surface area (Å²) in [7, 11) is 0. The number of rotatable bonds is 5. The molecular formula is C31H50ClN3O2. The number of hydrogen-bond donors (Lipinski definition) is 0. The van der Waals surface area contributed by atoms with Crippen molar-refractivity contribution in [2.75, 3.05) is 82.0 Å². The number of hydrogen-bond acceptors (Lipinski definition) is 5. The molecule has 2 saturated carbocycles. The zero-order valence-electron chi connectivity index (χ0n) is 23.0. The molecule has 5 fully saturated rings. The van der Waals surface area contributed by atoms with Crippen molar-refractivity contribution in [1.29, 1.82) is 0 Å². The van der Waals surface area contributed by atoms with Crippen LogP contribution in [0.25, 0.3) is 0 Å². The highest BCUT2D eigenvalue weighted by Crippen LogP contribution is 2.52. The number of benzene rings is 1. The number of morpholine rings is 1. The minimum Gasteiger partial charge on any atom is -0.381 e. The third-order valence-corrected chi connectivity index (χ3v) is 10.4. The van der Waals surface area contributed by atoms with Gasteiger partial charge in [-0.25, -0.2) is 0 Å². The molecule has 2 aliphatic carbocycles. The van der Waals surface area contributed by atoms with Gasteiger partial charge in [-0.15, -0.1) is 12.4 Å². The third kappa shape index (κ3) is 6.59. The summed E-state index contributed by atoms with van der Waals surface area (Å²) in [5.74, 6) is 1.57. The zero-order chi connectivity index (χ0) is 24.2. The molecule has 1 spiro atoms. The van der Waals surface area contributed by atoms with Gasteiger partial charge in [-0.3, -0.25) is 4.90 Å². The Morgan fingerprint density at radius 3 is 2.08 bits per heavy atom. The minimum absolute atomic E-state index is 0. The Kier molecular flexibility index (Phi) is 9.60. The third-order valence-electron chi connectivity index (χ3n) is 10.4. The smallest absolute Gasteiger partial charge is 0.0642 e. The molecule has 0 radical (unpaired) electrons. The summed E-state index contributed by atoms with van der Waals surface area (Å²) in [5.41, 5.74) is 5.31. The normalized spacial score (nSPS) is 26.3. The first-order valence-corrected chi connectivity index (χ1v) is 15.3. The van der Waals surface area contributed by atoms with E-state index < -0.39 is 0 Å². The van der Waals surface area contributed by atoms with E-state index in [9.17, 15) is 0 Å². The summed E-state index contributed by atoms with van der Waals surface area (Å²) in [6, 6.07) is 7.49. The summed E-state index contributed by atoms with van der Waals surface area (Å²) in [5, 5.41) is 0. The van der Waals surface area contributed by atoms with Gasteiger partial charge in [-0.1, -0.05) is 19.3 Å². The van der Waals surface area contributed by atoms with Gasteiger partial charge in [0.15, 0.2) is 0 Å². The summed E-state index contributed by atoms with van der Waals surface area (Å²) < 4.78 is 11.2. The highest BCUT2D eigenvalue weighted by atomic mass is 35.5. The van der Waals surface area contributed by atoms with Crippen molar-refractivity contribution in [2.45, 2.75) is 76.5 Å². The fourth-order valence-electron chi connectivity index (χ4n) is 7.98. The summed E-state index contributed by atoms with van der Waals surface area (Å²) in [6.07, 6.45) is 15.6. The second kappa shape index (κ2) is 12.9. The molecule has 0 aromatic heterocycles. The van der Waals surface area contributed by atoms with E-state index in [-0.39, 0.29) is 12.4 Å². The Morgan fingerprint density at radius 2 is 1.38 bits per heavy atom. The van der Waals surface area contributed by atoms with E-state index in [1.54, 1.807) is 11.3 Å². The average molecular weight is 532 g/mol. The lowest BCUT2D eigenvalue weighted by Gasteiger charge is -2.44. The predicted molar refractivity (Wildman–Crippen MR) is 156 cm³/mol. The van der Waals surface area contributed by atoms with E-state index in [2.05, 4.69) is 32.9 Å². The van der Waals surface area contributed by atoms with Gasteiger partial charge < -0.3 is 19.3 Å². The van der Waals surface area contributed by atoms with E-state index in [0.29, 0.717) is 5.41 Å². The van der Waals surface area contributed by atoms with E-state index in [1.165, 1.54) is 109 Å². The first-order valence-electron chi connectivity index (χ1n) is 15.3. The molecule has 208 valence electrons. The average Bonchev–Trinajstić information content (AvgIpc) is 2.95. The predicted octanol–water partition coefficient (Wildman–Crippen LogP) is 6.10. The number of halogens is 1. The van der Waals surface area contributed by atoms with Crippen LogP contribution in [0.4, 0.5) is 11.4 Å². The lowest BCUT2D eigenvalue weighted by molar-refractivity contribution is 0.0517. The van der Waals surface area contributed by atoms with Crippen LogP contribution in [-0.2, 0) is 9.47 Å². The van der Waals surface area contributed by atoms with Crippen LogP contribution in [0.3, 0.4) is 0 Å². The molecule has 0 amide bonds. The van der Waals surface area contributed by atoms with Crippen LogP contribution in [0.5, 0.6) is 0 Å². The van der Waals surface area contributed by atoms with Crippen LogP contribution in [0.1, 0.15) is 82.1 Å². The van der Waals surface area contributed by atoms with E-state index in [1.807, 2.05) is 0 Å². The lowest BCUT2D eigenvalue weighted by atomic mass is 9.62.